The molecule has 0 aliphatic carbocycles. The predicted octanol–water partition coefficient (Wildman–Crippen LogP) is 2.66. The Labute approximate surface area is 240 Å². The van der Waals surface area contributed by atoms with E-state index in [1.807, 2.05) is 10.8 Å². The summed E-state index contributed by atoms with van der Waals surface area (Å²) in [6.45, 7) is 1.07. The zero-order valence-electron chi connectivity index (χ0n) is 22.3. The van der Waals surface area contributed by atoms with Crippen molar-refractivity contribution in [1.82, 2.24) is 9.71 Å². The molecular formula is C26H24N6O7S2. The van der Waals surface area contributed by atoms with Crippen LogP contribution in [0.15, 0.2) is 46.3 Å². The van der Waals surface area contributed by atoms with Gasteiger partial charge in [0.05, 0.1) is 37.5 Å². The van der Waals surface area contributed by atoms with Gasteiger partial charge in [-0.05, 0) is 42.0 Å². The minimum absolute atomic E-state index is 0.00959. The molecule has 4 N–H and O–H groups in total. The number of carbonyl (C=O) groups excluding carboxylic acids is 2. The van der Waals surface area contributed by atoms with Crippen LogP contribution in [0.3, 0.4) is 0 Å². The fourth-order valence-corrected chi connectivity index (χ4v) is 5.50. The first-order valence-electron chi connectivity index (χ1n) is 11.5. The van der Waals surface area contributed by atoms with Crippen LogP contribution in [0.2, 0.25) is 0 Å². The number of anilines is 2. The van der Waals surface area contributed by atoms with E-state index in [-0.39, 0.29) is 49.7 Å². The second-order valence-corrected chi connectivity index (χ2v) is 10.7. The van der Waals surface area contributed by atoms with Crippen LogP contribution < -0.4 is 30.0 Å². The van der Waals surface area contributed by atoms with Crippen molar-refractivity contribution < 1.29 is 32.2 Å². The lowest BCUT2D eigenvalue weighted by Gasteiger charge is -2.17. The van der Waals surface area contributed by atoms with Crippen LogP contribution in [0.4, 0.5) is 11.5 Å². The number of ether oxygens (including phenoxy) is 3. The number of methoxy groups -OCH3 is 3. The van der Waals surface area contributed by atoms with E-state index >= 15 is 0 Å². The molecular weight excluding hydrogens is 572 g/mol. The highest BCUT2D eigenvalue weighted by Crippen LogP contribution is 2.44. The molecule has 212 valence electrons. The van der Waals surface area contributed by atoms with Gasteiger partial charge in [0.1, 0.15) is 28.5 Å². The largest absolute Gasteiger partial charge is 0.493 e. The Kier molecular flexibility index (Phi) is 9.62. The van der Waals surface area contributed by atoms with Crippen LogP contribution >= 0.6 is 11.8 Å². The summed E-state index contributed by atoms with van der Waals surface area (Å²) in [7, 11) is 0.266. The molecule has 0 aliphatic rings. The number of rotatable bonds is 10. The lowest BCUT2D eigenvalue weighted by Crippen LogP contribution is -2.28. The molecule has 1 aromatic heterocycles. The molecule has 0 fully saturated rings. The molecule has 0 spiro atoms. The Morgan fingerprint density at radius 2 is 1.59 bits per heavy atom. The van der Waals surface area contributed by atoms with Crippen LogP contribution in [0.5, 0.6) is 17.2 Å². The molecule has 0 saturated heterocycles. The molecule has 3 aromatic rings. The highest BCUT2D eigenvalue weighted by atomic mass is 32.2. The Hall–Kier alpha value is -4.99. The van der Waals surface area contributed by atoms with Gasteiger partial charge in [-0.15, -0.1) is 0 Å². The van der Waals surface area contributed by atoms with Crippen molar-refractivity contribution in [2.45, 2.75) is 16.8 Å². The quantitative estimate of drug-likeness (QED) is 0.289. The average Bonchev–Trinajstić information content (AvgIpc) is 2.94. The fraction of sp³-hybridized carbons (Fsp3) is 0.192. The first-order chi connectivity index (χ1) is 19.5. The normalized spacial score (nSPS) is 10.6. The minimum atomic E-state index is -4.02. The first-order valence-corrected chi connectivity index (χ1v) is 14.0. The number of pyridine rings is 1. The van der Waals surface area contributed by atoms with E-state index in [0.29, 0.717) is 17.0 Å². The maximum atomic E-state index is 12.7. The van der Waals surface area contributed by atoms with Crippen molar-refractivity contribution in [2.24, 2.45) is 0 Å². The van der Waals surface area contributed by atoms with Crippen molar-refractivity contribution >= 4 is 45.1 Å². The minimum Gasteiger partial charge on any atom is -0.493 e. The summed E-state index contributed by atoms with van der Waals surface area (Å²) in [4.78, 5) is 27.8. The molecule has 0 aliphatic heterocycles. The second kappa shape index (κ2) is 12.9. The van der Waals surface area contributed by atoms with Gasteiger partial charge in [0, 0.05) is 18.2 Å². The van der Waals surface area contributed by atoms with Crippen LogP contribution in [-0.2, 0) is 19.6 Å². The van der Waals surface area contributed by atoms with Crippen molar-refractivity contribution in [2.75, 3.05) is 38.1 Å². The molecule has 15 heteroatoms. The van der Waals surface area contributed by atoms with E-state index in [0.717, 1.165) is 18.7 Å². The van der Waals surface area contributed by atoms with Gasteiger partial charge in [-0.3, -0.25) is 9.59 Å². The van der Waals surface area contributed by atoms with E-state index in [2.05, 4.69) is 16.4 Å². The van der Waals surface area contributed by atoms with Crippen molar-refractivity contribution in [3.05, 3.63) is 47.5 Å². The number of nitrogens with zero attached hydrogens (tertiary/aromatic N) is 3. The molecule has 2 amide bonds. The monoisotopic (exact) mass is 596 g/mol. The van der Waals surface area contributed by atoms with Crippen molar-refractivity contribution in [3.8, 4) is 40.5 Å². The number of nitrogens with two attached hydrogens (primary N) is 1. The number of carbonyl (C=O) groups is 2. The third kappa shape index (κ3) is 6.78. The molecule has 0 saturated carbocycles. The van der Waals surface area contributed by atoms with E-state index in [9.17, 15) is 28.5 Å². The highest BCUT2D eigenvalue weighted by molar-refractivity contribution is 8.00. The Balaban J connectivity index is 1.91. The zero-order chi connectivity index (χ0) is 30.3. The number of hydrogen-bond acceptors (Lipinski definition) is 12. The molecule has 0 bridgehead atoms. The van der Waals surface area contributed by atoms with Gasteiger partial charge >= 0.3 is 0 Å². The number of thioether (sulfide) groups is 1. The van der Waals surface area contributed by atoms with Gasteiger partial charge in [0.15, 0.2) is 11.5 Å². The molecule has 13 nitrogen and oxygen atoms in total. The van der Waals surface area contributed by atoms with Crippen LogP contribution in [-0.4, -0.2) is 52.3 Å². The molecule has 1 heterocycles. The number of nitrogen functional groups attached to an aromatic ring is 1. The second-order valence-electron chi connectivity index (χ2n) is 8.09. The van der Waals surface area contributed by atoms with Gasteiger partial charge in [-0.2, -0.15) is 10.5 Å². The number of nitriles is 2. The molecule has 0 atom stereocenters. The summed E-state index contributed by atoms with van der Waals surface area (Å²) in [5.41, 5.74) is 6.90. The lowest BCUT2D eigenvalue weighted by molar-refractivity contribution is -0.117. The number of sulfonamides is 1. The Morgan fingerprint density at radius 1 is 1.00 bits per heavy atom. The molecule has 41 heavy (non-hydrogen) atoms. The van der Waals surface area contributed by atoms with Gasteiger partial charge in [0.25, 0.3) is 10.0 Å². The number of amides is 2. The van der Waals surface area contributed by atoms with Gasteiger partial charge in [-0.25, -0.2) is 18.1 Å². The number of aromatic nitrogens is 1. The van der Waals surface area contributed by atoms with E-state index in [1.165, 1.54) is 45.6 Å². The number of benzene rings is 2. The topological polar surface area (TPSA) is 207 Å². The first kappa shape index (κ1) is 30.6. The lowest BCUT2D eigenvalue weighted by atomic mass is 9.96. The van der Waals surface area contributed by atoms with Crippen LogP contribution in [0, 0.1) is 22.7 Å². The summed E-state index contributed by atoms with van der Waals surface area (Å²) in [6.07, 6.45) is 0. The fourth-order valence-electron chi connectivity index (χ4n) is 3.71. The predicted molar refractivity (Wildman–Crippen MR) is 150 cm³/mol. The standard InChI is InChI=1S/C26H24N6O7S2/c1-14(33)32-41(35,36)17-7-5-16(6-8-17)30-22(34)13-40-26-19(12-28)23(18(11-27)25(29)31-26)15-9-20(37-2)24(39-4)21(10-15)38-3/h5-10H,13H2,1-4H3,(H2,29,31)(H,30,34)(H,32,33). The average molecular weight is 597 g/mol. The summed E-state index contributed by atoms with van der Waals surface area (Å²) >= 11 is 0.917. The molecule has 0 radical (unpaired) electrons. The third-order valence-electron chi connectivity index (χ3n) is 5.44. The van der Waals surface area contributed by atoms with Crippen molar-refractivity contribution in [3.63, 3.8) is 0 Å². The van der Waals surface area contributed by atoms with Crippen molar-refractivity contribution in [1.29, 1.82) is 10.5 Å². The summed E-state index contributed by atoms with van der Waals surface area (Å²) < 4.78 is 42.2. The zero-order valence-corrected chi connectivity index (χ0v) is 23.9. The van der Waals surface area contributed by atoms with Gasteiger partial charge < -0.3 is 25.3 Å². The van der Waals surface area contributed by atoms with Gasteiger partial charge in [0.2, 0.25) is 17.6 Å². The smallest absolute Gasteiger partial charge is 0.264 e. The molecule has 0 unspecified atom stereocenters. The highest BCUT2D eigenvalue weighted by Gasteiger charge is 2.24. The Morgan fingerprint density at radius 3 is 2.07 bits per heavy atom. The SMILES string of the molecule is COc1cc(-c2c(C#N)c(N)nc(SCC(=O)Nc3ccc(S(=O)(=O)NC(C)=O)cc3)c2C#N)cc(OC)c1OC. The van der Waals surface area contributed by atoms with Gasteiger partial charge in [-0.1, -0.05) is 11.8 Å². The van der Waals surface area contributed by atoms with Crippen LogP contribution in [0.25, 0.3) is 11.1 Å². The van der Waals surface area contributed by atoms with Crippen LogP contribution in [0.1, 0.15) is 18.1 Å². The summed E-state index contributed by atoms with van der Waals surface area (Å²) in [5.74, 6) is -0.687. The van der Waals surface area contributed by atoms with E-state index < -0.39 is 21.8 Å². The van der Waals surface area contributed by atoms with E-state index in [4.69, 9.17) is 19.9 Å². The molecule has 2 aromatic carbocycles. The summed E-state index contributed by atoms with van der Waals surface area (Å²) in [6, 6.07) is 12.3. The number of hydrogen-bond donors (Lipinski definition) is 3. The maximum absolute atomic E-state index is 12.7. The third-order valence-corrected chi connectivity index (χ3v) is 7.86. The van der Waals surface area contributed by atoms with E-state index in [1.54, 1.807) is 12.1 Å². The molecule has 3 rings (SSSR count). The maximum Gasteiger partial charge on any atom is 0.264 e. The summed E-state index contributed by atoms with van der Waals surface area (Å²) in [5, 5.41) is 22.6. The number of nitrogens with one attached hydrogen (secondary N) is 2. The Bertz CT molecular complexity index is 1670.